The van der Waals surface area contributed by atoms with Crippen LogP contribution >= 0.6 is 11.6 Å². The Bertz CT molecular complexity index is 927. The predicted octanol–water partition coefficient (Wildman–Crippen LogP) is 2.82. The Kier molecular flexibility index (Phi) is 5.48. The van der Waals surface area contributed by atoms with Crippen molar-refractivity contribution in [2.24, 2.45) is 0 Å². The van der Waals surface area contributed by atoms with Gasteiger partial charge in [-0.25, -0.2) is 0 Å². The number of halogens is 1. The molecule has 3 aromatic rings. The van der Waals surface area contributed by atoms with Crippen molar-refractivity contribution in [1.29, 1.82) is 0 Å². The van der Waals surface area contributed by atoms with Gasteiger partial charge < -0.3 is 15.2 Å². The van der Waals surface area contributed by atoms with Crippen LogP contribution in [0.4, 0.5) is 0 Å². The van der Waals surface area contributed by atoms with Crippen LogP contribution in [0.1, 0.15) is 23.0 Å². The lowest BCUT2D eigenvalue weighted by atomic mass is 10.00. The van der Waals surface area contributed by atoms with E-state index >= 15 is 0 Å². The second kappa shape index (κ2) is 8.00. The number of rotatable bonds is 6. The summed E-state index contributed by atoms with van der Waals surface area (Å²) >= 11 is 6.17. The van der Waals surface area contributed by atoms with E-state index < -0.39 is 12.3 Å². The Morgan fingerprint density at radius 2 is 1.93 bits per heavy atom. The Morgan fingerprint density at radius 1 is 1.11 bits per heavy atom. The summed E-state index contributed by atoms with van der Waals surface area (Å²) in [6.45, 7) is 2.68. The minimum atomic E-state index is -0.884. The second-order valence-corrected chi connectivity index (χ2v) is 7.55. The van der Waals surface area contributed by atoms with Crippen molar-refractivity contribution in [1.82, 2.24) is 15.2 Å². The number of hydrogen-bond donors (Lipinski definition) is 4. The molecule has 2 aromatic carbocycles. The molecular formula is C21H24ClN3O2. The van der Waals surface area contributed by atoms with E-state index in [1.54, 1.807) is 0 Å². The SMILES string of the molecule is OC(NC[C@H](O)CN1CCc2ccccc2C1)c1cc2cccc(Cl)c2[nH]1. The first kappa shape index (κ1) is 18.5. The van der Waals surface area contributed by atoms with E-state index in [-0.39, 0.29) is 0 Å². The largest absolute Gasteiger partial charge is 0.390 e. The average Bonchev–Trinajstić information content (AvgIpc) is 3.12. The van der Waals surface area contributed by atoms with Gasteiger partial charge in [0.25, 0.3) is 0 Å². The highest BCUT2D eigenvalue weighted by Gasteiger charge is 2.19. The molecule has 0 aliphatic carbocycles. The molecule has 1 aromatic heterocycles. The quantitative estimate of drug-likeness (QED) is 0.492. The van der Waals surface area contributed by atoms with Gasteiger partial charge in [0, 0.05) is 31.6 Å². The summed E-state index contributed by atoms with van der Waals surface area (Å²) in [6, 6.07) is 16.0. The Hall–Kier alpha value is -1.89. The molecule has 0 spiro atoms. The van der Waals surface area contributed by atoms with Crippen molar-refractivity contribution in [3.05, 3.63) is 70.4 Å². The number of aromatic amines is 1. The fourth-order valence-corrected chi connectivity index (χ4v) is 3.95. The van der Waals surface area contributed by atoms with Crippen molar-refractivity contribution in [2.75, 3.05) is 19.6 Å². The van der Waals surface area contributed by atoms with Gasteiger partial charge in [0.05, 0.1) is 22.3 Å². The molecule has 2 heterocycles. The Balaban J connectivity index is 1.31. The van der Waals surface area contributed by atoms with Crippen LogP contribution in [-0.2, 0) is 13.0 Å². The summed E-state index contributed by atoms with van der Waals surface area (Å²) in [6.07, 6.45) is -0.433. The van der Waals surface area contributed by atoms with Crippen LogP contribution in [0, 0.1) is 0 Å². The van der Waals surface area contributed by atoms with Crippen LogP contribution in [0.3, 0.4) is 0 Å². The van der Waals surface area contributed by atoms with E-state index in [2.05, 4.69) is 39.5 Å². The van der Waals surface area contributed by atoms with Crippen LogP contribution in [0.5, 0.6) is 0 Å². The molecule has 4 N–H and O–H groups in total. The molecule has 1 aliphatic rings. The Morgan fingerprint density at radius 3 is 2.74 bits per heavy atom. The van der Waals surface area contributed by atoms with Gasteiger partial charge in [-0.1, -0.05) is 48.0 Å². The second-order valence-electron chi connectivity index (χ2n) is 7.15. The zero-order chi connectivity index (χ0) is 18.8. The van der Waals surface area contributed by atoms with Crippen LogP contribution in [0.25, 0.3) is 10.9 Å². The van der Waals surface area contributed by atoms with Gasteiger partial charge in [0.2, 0.25) is 0 Å². The first-order valence-corrected chi connectivity index (χ1v) is 9.64. The fraction of sp³-hybridized carbons (Fsp3) is 0.333. The average molecular weight is 386 g/mol. The molecule has 5 nitrogen and oxygen atoms in total. The van der Waals surface area contributed by atoms with Crippen molar-refractivity contribution in [3.63, 3.8) is 0 Å². The molecule has 1 aliphatic heterocycles. The molecule has 142 valence electrons. The number of β-amino-alcohol motifs (C(OH)–C–C–N with tert-alkyl or cyclic N) is 1. The molecule has 0 fully saturated rings. The van der Waals surface area contributed by atoms with Crippen molar-refractivity contribution >= 4 is 22.5 Å². The molecule has 0 bridgehead atoms. The van der Waals surface area contributed by atoms with Gasteiger partial charge in [0.1, 0.15) is 6.23 Å². The normalized spacial score (nSPS) is 17.0. The van der Waals surface area contributed by atoms with E-state index in [1.807, 2.05) is 24.3 Å². The monoisotopic (exact) mass is 385 g/mol. The van der Waals surface area contributed by atoms with Crippen LogP contribution < -0.4 is 5.32 Å². The maximum Gasteiger partial charge on any atom is 0.146 e. The number of aliphatic hydroxyl groups excluding tert-OH is 2. The molecule has 0 saturated heterocycles. The standard InChI is InChI=1S/C21H24ClN3O2/c22-18-7-3-6-15-10-19(24-20(15)18)21(27)23-11-17(26)13-25-9-8-14-4-1-2-5-16(14)12-25/h1-7,10,17,21,23-24,26-27H,8-9,11-13H2/t17-,21?/m0/s1. The molecule has 0 saturated carbocycles. The summed E-state index contributed by atoms with van der Waals surface area (Å²) in [5.74, 6) is 0. The highest BCUT2D eigenvalue weighted by Crippen LogP contribution is 2.25. The highest BCUT2D eigenvalue weighted by atomic mass is 35.5. The molecule has 6 heteroatoms. The number of aromatic nitrogens is 1. The van der Waals surface area contributed by atoms with E-state index in [0.29, 0.717) is 23.8 Å². The van der Waals surface area contributed by atoms with Gasteiger partial charge in [0.15, 0.2) is 0 Å². The number of H-pyrrole nitrogens is 1. The summed E-state index contributed by atoms with van der Waals surface area (Å²) in [5.41, 5.74) is 4.17. The number of nitrogens with one attached hydrogen (secondary N) is 2. The van der Waals surface area contributed by atoms with E-state index in [0.717, 1.165) is 30.4 Å². The Labute approximate surface area is 163 Å². The van der Waals surface area contributed by atoms with E-state index in [9.17, 15) is 10.2 Å². The zero-order valence-corrected chi connectivity index (χ0v) is 15.8. The molecule has 27 heavy (non-hydrogen) atoms. The van der Waals surface area contributed by atoms with E-state index in [4.69, 9.17) is 11.6 Å². The highest BCUT2D eigenvalue weighted by molar-refractivity contribution is 6.35. The van der Waals surface area contributed by atoms with Crippen molar-refractivity contribution < 1.29 is 10.2 Å². The lowest BCUT2D eigenvalue weighted by Gasteiger charge is -2.30. The lowest BCUT2D eigenvalue weighted by Crippen LogP contribution is -2.41. The number of para-hydroxylation sites is 1. The first-order valence-electron chi connectivity index (χ1n) is 9.26. The van der Waals surface area contributed by atoms with E-state index in [1.165, 1.54) is 11.1 Å². The van der Waals surface area contributed by atoms with Gasteiger partial charge in [-0.2, -0.15) is 0 Å². The first-order chi connectivity index (χ1) is 13.1. The van der Waals surface area contributed by atoms with Crippen molar-refractivity contribution in [3.8, 4) is 0 Å². The fourth-order valence-electron chi connectivity index (χ4n) is 3.72. The van der Waals surface area contributed by atoms with Gasteiger partial charge in [-0.15, -0.1) is 0 Å². The predicted molar refractivity (Wildman–Crippen MR) is 108 cm³/mol. The number of nitrogens with zero attached hydrogens (tertiary/aromatic N) is 1. The molecule has 0 radical (unpaired) electrons. The van der Waals surface area contributed by atoms with Crippen LogP contribution in [0.15, 0.2) is 48.5 Å². The van der Waals surface area contributed by atoms with Gasteiger partial charge in [-0.3, -0.25) is 10.2 Å². The third-order valence-corrected chi connectivity index (χ3v) is 5.46. The molecular weight excluding hydrogens is 362 g/mol. The smallest absolute Gasteiger partial charge is 0.146 e. The number of benzene rings is 2. The molecule has 0 amide bonds. The van der Waals surface area contributed by atoms with Crippen LogP contribution in [-0.4, -0.2) is 45.8 Å². The maximum atomic E-state index is 10.4. The third kappa shape index (κ3) is 4.18. The molecule has 2 atom stereocenters. The summed E-state index contributed by atoms with van der Waals surface area (Å²) < 4.78 is 0. The number of fused-ring (bicyclic) bond motifs is 2. The summed E-state index contributed by atoms with van der Waals surface area (Å²) in [4.78, 5) is 5.40. The van der Waals surface area contributed by atoms with Gasteiger partial charge in [-0.05, 0) is 29.7 Å². The van der Waals surface area contributed by atoms with Crippen molar-refractivity contribution in [2.45, 2.75) is 25.3 Å². The van der Waals surface area contributed by atoms with Gasteiger partial charge >= 0.3 is 0 Å². The number of aliphatic hydroxyl groups is 2. The summed E-state index contributed by atoms with van der Waals surface area (Å²) in [5, 5.41) is 25.3. The molecule has 4 rings (SSSR count). The minimum absolute atomic E-state index is 0.308. The molecule has 1 unspecified atom stereocenters. The lowest BCUT2D eigenvalue weighted by molar-refractivity contribution is 0.0733. The van der Waals surface area contributed by atoms with Crippen LogP contribution in [0.2, 0.25) is 5.02 Å². The number of hydrogen-bond acceptors (Lipinski definition) is 4. The zero-order valence-electron chi connectivity index (χ0n) is 15.0. The topological polar surface area (TPSA) is 71.5 Å². The summed E-state index contributed by atoms with van der Waals surface area (Å²) in [7, 11) is 0. The minimum Gasteiger partial charge on any atom is -0.390 e. The third-order valence-electron chi connectivity index (χ3n) is 5.15. The maximum absolute atomic E-state index is 10.4.